The molecular weight excluding hydrogens is 273 g/mol. The van der Waals surface area contributed by atoms with Gasteiger partial charge in [0.25, 0.3) is 5.91 Å². The molecule has 0 aromatic heterocycles. The molecule has 2 heterocycles. The van der Waals surface area contributed by atoms with E-state index >= 15 is 0 Å². The van der Waals surface area contributed by atoms with Gasteiger partial charge in [0.2, 0.25) is 5.96 Å². The van der Waals surface area contributed by atoms with Crippen molar-refractivity contribution in [3.63, 3.8) is 0 Å². The van der Waals surface area contributed by atoms with E-state index in [-0.39, 0.29) is 5.91 Å². The highest BCUT2D eigenvalue weighted by atomic mass is 35.5. The van der Waals surface area contributed by atoms with Crippen molar-refractivity contribution in [1.29, 1.82) is 0 Å². The summed E-state index contributed by atoms with van der Waals surface area (Å²) >= 11 is 12.2. The average molecular weight is 284 g/mol. The normalized spacial score (nSPS) is 20.1. The van der Waals surface area contributed by atoms with E-state index in [1.54, 1.807) is 6.07 Å². The number of hydrogen-bond acceptors (Lipinski definition) is 3. The highest BCUT2D eigenvalue weighted by molar-refractivity contribution is 6.42. The standard InChI is InChI=1S/C12H11Cl2N3O/c1-12(2)10(18)16-11-15-8-4-3-7(13)9(14)6(8)5-17(11)12/h3-4H,5H2,1-2H3,(H,15,16,18). The molecule has 1 fully saturated rings. The zero-order valence-corrected chi connectivity index (χ0v) is 11.4. The van der Waals surface area contributed by atoms with Crippen molar-refractivity contribution in [3.8, 4) is 0 Å². The fourth-order valence-electron chi connectivity index (χ4n) is 2.18. The monoisotopic (exact) mass is 283 g/mol. The molecule has 0 bridgehead atoms. The summed E-state index contributed by atoms with van der Waals surface area (Å²) in [6.07, 6.45) is 0. The van der Waals surface area contributed by atoms with Gasteiger partial charge in [-0.25, -0.2) is 4.99 Å². The zero-order chi connectivity index (χ0) is 13.1. The van der Waals surface area contributed by atoms with Crippen LogP contribution in [0.2, 0.25) is 10.0 Å². The third kappa shape index (κ3) is 1.45. The zero-order valence-electron chi connectivity index (χ0n) is 9.92. The Balaban J connectivity index is 2.15. The third-order valence-electron chi connectivity index (χ3n) is 3.43. The van der Waals surface area contributed by atoms with Gasteiger partial charge < -0.3 is 4.90 Å². The van der Waals surface area contributed by atoms with E-state index in [1.807, 2.05) is 24.8 Å². The first-order valence-corrected chi connectivity index (χ1v) is 6.31. The maximum atomic E-state index is 11.9. The number of nitrogens with one attached hydrogen (secondary N) is 1. The largest absolute Gasteiger partial charge is 0.324 e. The first-order valence-electron chi connectivity index (χ1n) is 5.56. The molecular formula is C12H11Cl2N3O. The van der Waals surface area contributed by atoms with Gasteiger partial charge in [0.1, 0.15) is 5.54 Å². The van der Waals surface area contributed by atoms with Crippen molar-refractivity contribution in [3.05, 3.63) is 27.7 Å². The Morgan fingerprint density at radius 1 is 1.39 bits per heavy atom. The van der Waals surface area contributed by atoms with E-state index in [1.165, 1.54) is 0 Å². The average Bonchev–Trinajstić information content (AvgIpc) is 2.54. The molecule has 3 rings (SSSR count). The lowest BCUT2D eigenvalue weighted by molar-refractivity contribution is -0.125. The van der Waals surface area contributed by atoms with Gasteiger partial charge in [-0.15, -0.1) is 0 Å². The lowest BCUT2D eigenvalue weighted by atomic mass is 10.0. The minimum Gasteiger partial charge on any atom is -0.324 e. The number of carbonyl (C=O) groups is 1. The summed E-state index contributed by atoms with van der Waals surface area (Å²) in [6, 6.07) is 3.52. The van der Waals surface area contributed by atoms with Gasteiger partial charge in [0, 0.05) is 5.56 Å². The predicted molar refractivity (Wildman–Crippen MR) is 71.3 cm³/mol. The maximum absolute atomic E-state index is 11.9. The van der Waals surface area contributed by atoms with Crippen LogP contribution in [0.15, 0.2) is 17.1 Å². The molecule has 4 nitrogen and oxygen atoms in total. The molecule has 6 heteroatoms. The van der Waals surface area contributed by atoms with Gasteiger partial charge in [0.05, 0.1) is 22.3 Å². The van der Waals surface area contributed by atoms with Crippen LogP contribution in [0.5, 0.6) is 0 Å². The number of halogens is 2. The van der Waals surface area contributed by atoms with E-state index in [0.717, 1.165) is 11.3 Å². The Morgan fingerprint density at radius 2 is 2.11 bits per heavy atom. The van der Waals surface area contributed by atoms with Crippen molar-refractivity contribution in [2.45, 2.75) is 25.9 Å². The number of amides is 1. The minimum absolute atomic E-state index is 0.0590. The number of nitrogens with zero attached hydrogens (tertiary/aromatic N) is 2. The van der Waals surface area contributed by atoms with Crippen LogP contribution in [0.25, 0.3) is 0 Å². The van der Waals surface area contributed by atoms with Gasteiger partial charge in [-0.2, -0.15) is 0 Å². The summed E-state index contributed by atoms with van der Waals surface area (Å²) in [4.78, 5) is 18.2. The Bertz CT molecular complexity index is 595. The molecule has 0 atom stereocenters. The molecule has 1 saturated heterocycles. The summed E-state index contributed by atoms with van der Waals surface area (Å²) in [7, 11) is 0. The van der Waals surface area contributed by atoms with E-state index in [0.29, 0.717) is 22.5 Å². The first kappa shape index (κ1) is 11.8. The highest BCUT2D eigenvalue weighted by Gasteiger charge is 2.45. The van der Waals surface area contributed by atoms with Crippen LogP contribution in [0.4, 0.5) is 5.69 Å². The van der Waals surface area contributed by atoms with Crippen LogP contribution in [0, 0.1) is 0 Å². The van der Waals surface area contributed by atoms with Crippen LogP contribution in [-0.4, -0.2) is 22.3 Å². The van der Waals surface area contributed by atoms with E-state index < -0.39 is 5.54 Å². The molecule has 0 unspecified atom stereocenters. The molecule has 2 aliphatic rings. The van der Waals surface area contributed by atoms with Gasteiger partial charge in [-0.3, -0.25) is 10.1 Å². The first-order chi connectivity index (χ1) is 8.41. The van der Waals surface area contributed by atoms with Gasteiger partial charge in [-0.1, -0.05) is 23.2 Å². The SMILES string of the molecule is CC1(C)C(=O)NC2=Nc3ccc(Cl)c(Cl)c3CN21. The highest BCUT2D eigenvalue weighted by Crippen LogP contribution is 2.39. The van der Waals surface area contributed by atoms with Gasteiger partial charge in [0.15, 0.2) is 0 Å². The number of carbonyl (C=O) groups excluding carboxylic acids is 1. The Hall–Kier alpha value is -1.26. The molecule has 0 saturated carbocycles. The minimum atomic E-state index is -0.623. The number of fused-ring (bicyclic) bond motifs is 2. The van der Waals surface area contributed by atoms with Crippen LogP contribution in [0.1, 0.15) is 19.4 Å². The number of rotatable bonds is 0. The Labute approximate surface area is 115 Å². The molecule has 18 heavy (non-hydrogen) atoms. The smallest absolute Gasteiger partial charge is 0.252 e. The summed E-state index contributed by atoms with van der Waals surface area (Å²) < 4.78 is 0. The molecule has 0 spiro atoms. The number of benzene rings is 1. The number of guanidine groups is 1. The fraction of sp³-hybridized carbons (Fsp3) is 0.333. The van der Waals surface area contributed by atoms with Gasteiger partial charge in [-0.05, 0) is 26.0 Å². The summed E-state index contributed by atoms with van der Waals surface area (Å²) in [6.45, 7) is 4.24. The second-order valence-corrected chi connectivity index (χ2v) is 5.68. The molecule has 94 valence electrons. The predicted octanol–water partition coefficient (Wildman–Crippen LogP) is 2.70. The molecule has 1 amide bonds. The lowest BCUT2D eigenvalue weighted by Crippen LogP contribution is -2.44. The van der Waals surface area contributed by atoms with E-state index in [2.05, 4.69) is 10.3 Å². The second-order valence-electron chi connectivity index (χ2n) is 4.89. The van der Waals surface area contributed by atoms with Crippen molar-refractivity contribution < 1.29 is 4.79 Å². The quantitative estimate of drug-likeness (QED) is 0.796. The van der Waals surface area contributed by atoms with Crippen molar-refractivity contribution in [1.82, 2.24) is 10.2 Å². The number of aliphatic imine (C=N–C) groups is 1. The van der Waals surface area contributed by atoms with E-state index in [9.17, 15) is 4.79 Å². The third-order valence-corrected chi connectivity index (χ3v) is 4.27. The molecule has 0 aliphatic carbocycles. The maximum Gasteiger partial charge on any atom is 0.252 e. The molecule has 2 aliphatic heterocycles. The summed E-state index contributed by atoms with van der Waals surface area (Å²) in [5, 5.41) is 3.79. The van der Waals surface area contributed by atoms with Crippen molar-refractivity contribution in [2.75, 3.05) is 0 Å². The van der Waals surface area contributed by atoms with Crippen LogP contribution >= 0.6 is 23.2 Å². The Morgan fingerprint density at radius 3 is 2.83 bits per heavy atom. The van der Waals surface area contributed by atoms with E-state index in [4.69, 9.17) is 23.2 Å². The molecule has 1 N–H and O–H groups in total. The van der Waals surface area contributed by atoms with Crippen LogP contribution < -0.4 is 5.32 Å². The lowest BCUT2D eigenvalue weighted by Gasteiger charge is -2.33. The Kier molecular flexibility index (Phi) is 2.37. The molecule has 1 aromatic carbocycles. The molecule has 1 aromatic rings. The second kappa shape index (κ2) is 3.62. The van der Waals surface area contributed by atoms with Crippen molar-refractivity contribution in [2.24, 2.45) is 4.99 Å². The van der Waals surface area contributed by atoms with Crippen LogP contribution in [-0.2, 0) is 11.3 Å². The van der Waals surface area contributed by atoms with Crippen molar-refractivity contribution >= 4 is 40.8 Å². The van der Waals surface area contributed by atoms with Gasteiger partial charge >= 0.3 is 0 Å². The number of hydrogen-bond donors (Lipinski definition) is 1. The fourth-order valence-corrected chi connectivity index (χ4v) is 2.58. The summed E-state index contributed by atoms with van der Waals surface area (Å²) in [5.74, 6) is 0.521. The molecule has 0 radical (unpaired) electrons. The summed E-state index contributed by atoms with van der Waals surface area (Å²) in [5.41, 5.74) is 0.994. The van der Waals surface area contributed by atoms with Crippen LogP contribution in [0.3, 0.4) is 0 Å². The topological polar surface area (TPSA) is 44.7 Å².